The van der Waals surface area contributed by atoms with Crippen molar-refractivity contribution in [3.63, 3.8) is 0 Å². The van der Waals surface area contributed by atoms with Crippen LogP contribution in [0.25, 0.3) is 0 Å². The number of nitrogens with one attached hydrogen (secondary N) is 1. The summed E-state index contributed by atoms with van der Waals surface area (Å²) in [6, 6.07) is 0. The van der Waals surface area contributed by atoms with Gasteiger partial charge in [-0.1, -0.05) is 6.92 Å². The standard InChI is InChI=1S/C14H25N5O2/c1-5-11-16-12(18-15)9(2)13(17-11)19-6-10(7-20)21-14(3,4)8-19/h10,20H,5-8,15H2,1-4H3,(H,16,17,18). The van der Waals surface area contributed by atoms with Crippen LogP contribution in [0.2, 0.25) is 0 Å². The zero-order valence-corrected chi connectivity index (χ0v) is 13.2. The van der Waals surface area contributed by atoms with E-state index in [1.165, 1.54) is 0 Å². The molecule has 0 saturated carbocycles. The van der Waals surface area contributed by atoms with Gasteiger partial charge in [0.25, 0.3) is 0 Å². The number of nitrogen functional groups attached to an aromatic ring is 1. The number of anilines is 2. The highest BCUT2D eigenvalue weighted by molar-refractivity contribution is 5.58. The number of aromatic nitrogens is 2. The first kappa shape index (κ1) is 15.9. The fourth-order valence-corrected chi connectivity index (χ4v) is 2.71. The summed E-state index contributed by atoms with van der Waals surface area (Å²) in [7, 11) is 0. The topological polar surface area (TPSA) is 96.5 Å². The molecule has 1 aromatic heterocycles. The molecule has 118 valence electrons. The SMILES string of the molecule is CCc1nc(NN)c(C)c(N2CC(CO)OC(C)(C)C2)n1. The Bertz CT molecular complexity index is 506. The Balaban J connectivity index is 2.40. The van der Waals surface area contributed by atoms with Crippen molar-refractivity contribution < 1.29 is 9.84 Å². The van der Waals surface area contributed by atoms with Gasteiger partial charge in [0.1, 0.15) is 17.5 Å². The van der Waals surface area contributed by atoms with Gasteiger partial charge in [-0.15, -0.1) is 0 Å². The molecule has 2 heterocycles. The quantitative estimate of drug-likeness (QED) is 0.553. The van der Waals surface area contributed by atoms with Crippen LogP contribution in [0.15, 0.2) is 0 Å². The van der Waals surface area contributed by atoms with E-state index >= 15 is 0 Å². The van der Waals surface area contributed by atoms with Gasteiger partial charge in [0.15, 0.2) is 0 Å². The first-order valence-electron chi connectivity index (χ1n) is 7.28. The van der Waals surface area contributed by atoms with Gasteiger partial charge in [0.05, 0.1) is 18.3 Å². The minimum Gasteiger partial charge on any atom is -0.394 e. The zero-order valence-electron chi connectivity index (χ0n) is 13.2. The van der Waals surface area contributed by atoms with Crippen molar-refractivity contribution in [2.75, 3.05) is 30.0 Å². The van der Waals surface area contributed by atoms with Crippen molar-refractivity contribution in [2.45, 2.75) is 45.8 Å². The lowest BCUT2D eigenvalue weighted by molar-refractivity contribution is -0.101. The molecule has 1 aliphatic rings. The third-order valence-electron chi connectivity index (χ3n) is 3.60. The van der Waals surface area contributed by atoms with Gasteiger partial charge in [-0.2, -0.15) is 0 Å². The maximum absolute atomic E-state index is 9.44. The molecule has 7 nitrogen and oxygen atoms in total. The predicted molar refractivity (Wildman–Crippen MR) is 82.2 cm³/mol. The summed E-state index contributed by atoms with van der Waals surface area (Å²) >= 11 is 0. The van der Waals surface area contributed by atoms with E-state index < -0.39 is 0 Å². The molecule has 0 bridgehead atoms. The first-order chi connectivity index (χ1) is 9.90. The summed E-state index contributed by atoms with van der Waals surface area (Å²) in [6.45, 7) is 9.28. The highest BCUT2D eigenvalue weighted by atomic mass is 16.5. The average molecular weight is 295 g/mol. The number of aryl methyl sites for hydroxylation is 1. The normalized spacial score (nSPS) is 21.4. The second kappa shape index (κ2) is 6.13. The van der Waals surface area contributed by atoms with Crippen LogP contribution in [-0.4, -0.2) is 46.5 Å². The number of hydrazine groups is 1. The second-order valence-electron chi connectivity index (χ2n) is 6.00. The van der Waals surface area contributed by atoms with E-state index in [1.54, 1.807) is 0 Å². The Labute approximate surface area is 125 Å². The van der Waals surface area contributed by atoms with E-state index in [0.717, 1.165) is 23.6 Å². The lowest BCUT2D eigenvalue weighted by Crippen LogP contribution is -2.54. The van der Waals surface area contributed by atoms with Crippen LogP contribution in [-0.2, 0) is 11.2 Å². The average Bonchev–Trinajstić information content (AvgIpc) is 2.45. The molecule has 1 atom stereocenters. The van der Waals surface area contributed by atoms with Gasteiger partial charge in [-0.05, 0) is 20.8 Å². The fourth-order valence-electron chi connectivity index (χ4n) is 2.71. The molecule has 2 rings (SSSR count). The van der Waals surface area contributed by atoms with E-state index in [2.05, 4.69) is 20.3 Å². The summed E-state index contributed by atoms with van der Waals surface area (Å²) in [5.74, 6) is 7.79. The second-order valence-corrected chi connectivity index (χ2v) is 6.00. The summed E-state index contributed by atoms with van der Waals surface area (Å²) < 4.78 is 5.85. The van der Waals surface area contributed by atoms with Crippen LogP contribution in [0.3, 0.4) is 0 Å². The number of nitrogens with two attached hydrogens (primary N) is 1. The molecule has 0 amide bonds. The Kier molecular flexibility index (Phi) is 4.65. The van der Waals surface area contributed by atoms with Crippen molar-refractivity contribution in [1.29, 1.82) is 0 Å². The molecule has 1 fully saturated rings. The lowest BCUT2D eigenvalue weighted by Gasteiger charge is -2.43. The number of hydrogen-bond donors (Lipinski definition) is 3. The van der Waals surface area contributed by atoms with Crippen LogP contribution in [0, 0.1) is 6.92 Å². The Morgan fingerprint density at radius 2 is 2.19 bits per heavy atom. The maximum atomic E-state index is 9.44. The molecule has 0 radical (unpaired) electrons. The van der Waals surface area contributed by atoms with Crippen LogP contribution < -0.4 is 16.2 Å². The number of ether oxygens (including phenoxy) is 1. The Morgan fingerprint density at radius 1 is 1.48 bits per heavy atom. The van der Waals surface area contributed by atoms with Gasteiger partial charge < -0.3 is 20.2 Å². The van der Waals surface area contributed by atoms with Crippen LogP contribution in [0.5, 0.6) is 0 Å². The van der Waals surface area contributed by atoms with E-state index in [1.807, 2.05) is 27.7 Å². The highest BCUT2D eigenvalue weighted by Gasteiger charge is 2.34. The largest absolute Gasteiger partial charge is 0.394 e. The van der Waals surface area contributed by atoms with E-state index in [0.29, 0.717) is 18.9 Å². The third-order valence-corrected chi connectivity index (χ3v) is 3.60. The smallest absolute Gasteiger partial charge is 0.148 e. The van der Waals surface area contributed by atoms with Crippen LogP contribution in [0.1, 0.15) is 32.2 Å². The Hall–Kier alpha value is -1.44. The third kappa shape index (κ3) is 3.42. The van der Waals surface area contributed by atoms with Crippen molar-refractivity contribution in [3.8, 4) is 0 Å². The summed E-state index contributed by atoms with van der Waals surface area (Å²) in [5, 5.41) is 9.44. The van der Waals surface area contributed by atoms with Crippen molar-refractivity contribution in [1.82, 2.24) is 9.97 Å². The molecule has 0 aromatic carbocycles. The Morgan fingerprint density at radius 3 is 2.76 bits per heavy atom. The molecule has 4 N–H and O–H groups in total. The van der Waals surface area contributed by atoms with E-state index in [4.69, 9.17) is 10.6 Å². The molecule has 1 aliphatic heterocycles. The minimum atomic E-state index is -0.342. The van der Waals surface area contributed by atoms with Gasteiger partial charge in [0, 0.05) is 25.1 Å². The molecule has 7 heteroatoms. The number of nitrogens with zero attached hydrogens (tertiary/aromatic N) is 3. The molecule has 21 heavy (non-hydrogen) atoms. The molecule has 0 aliphatic carbocycles. The van der Waals surface area contributed by atoms with E-state index in [9.17, 15) is 5.11 Å². The molecule has 1 saturated heterocycles. The monoisotopic (exact) mass is 295 g/mol. The van der Waals surface area contributed by atoms with Crippen LogP contribution in [0.4, 0.5) is 11.6 Å². The number of rotatable bonds is 4. The molecule has 1 aromatic rings. The summed E-state index contributed by atoms with van der Waals surface area (Å²) in [5.41, 5.74) is 3.20. The number of hydrogen-bond acceptors (Lipinski definition) is 7. The maximum Gasteiger partial charge on any atom is 0.148 e. The number of morpholine rings is 1. The minimum absolute atomic E-state index is 0.00725. The van der Waals surface area contributed by atoms with Gasteiger partial charge in [-0.3, -0.25) is 0 Å². The molecule has 0 spiro atoms. The number of aliphatic hydroxyl groups is 1. The van der Waals surface area contributed by atoms with Crippen molar-refractivity contribution >= 4 is 11.6 Å². The molecule has 1 unspecified atom stereocenters. The van der Waals surface area contributed by atoms with E-state index in [-0.39, 0.29) is 18.3 Å². The molecular formula is C14H25N5O2. The lowest BCUT2D eigenvalue weighted by atomic mass is 10.0. The predicted octanol–water partition coefficient (Wildman–Crippen LogP) is 0.609. The van der Waals surface area contributed by atoms with Crippen LogP contribution >= 0.6 is 0 Å². The van der Waals surface area contributed by atoms with Crippen molar-refractivity contribution in [2.24, 2.45) is 5.84 Å². The zero-order chi connectivity index (χ0) is 15.6. The van der Waals surface area contributed by atoms with Gasteiger partial charge >= 0.3 is 0 Å². The molecular weight excluding hydrogens is 270 g/mol. The summed E-state index contributed by atoms with van der Waals surface area (Å²) in [4.78, 5) is 11.2. The van der Waals surface area contributed by atoms with Gasteiger partial charge in [-0.25, -0.2) is 15.8 Å². The van der Waals surface area contributed by atoms with Crippen molar-refractivity contribution in [3.05, 3.63) is 11.4 Å². The number of aliphatic hydroxyl groups excluding tert-OH is 1. The first-order valence-corrected chi connectivity index (χ1v) is 7.28. The highest BCUT2D eigenvalue weighted by Crippen LogP contribution is 2.29. The van der Waals surface area contributed by atoms with Gasteiger partial charge in [0.2, 0.25) is 0 Å². The fraction of sp³-hybridized carbons (Fsp3) is 0.714. The summed E-state index contributed by atoms with van der Waals surface area (Å²) in [6.07, 6.45) is 0.515.